The van der Waals surface area contributed by atoms with E-state index in [0.29, 0.717) is 23.3 Å². The molecule has 0 aromatic heterocycles. The van der Waals surface area contributed by atoms with Crippen molar-refractivity contribution in [2.24, 2.45) is 0 Å². The molecular weight excluding hydrogens is 270 g/mol. The van der Waals surface area contributed by atoms with Gasteiger partial charge in [0.15, 0.2) is 0 Å². The molecule has 3 nitrogen and oxygen atoms in total. The molecule has 2 N–H and O–H groups in total. The van der Waals surface area contributed by atoms with Crippen LogP contribution in [0.5, 0.6) is 0 Å². The van der Waals surface area contributed by atoms with Crippen molar-refractivity contribution in [2.45, 2.75) is 17.3 Å². The summed E-state index contributed by atoms with van der Waals surface area (Å²) in [5, 5.41) is 10.8. The third-order valence-electron chi connectivity index (χ3n) is 4.04. The molecule has 3 rings (SSSR count). The van der Waals surface area contributed by atoms with Gasteiger partial charge >= 0.3 is 0 Å². The molecule has 4 heteroatoms. The highest BCUT2D eigenvalue weighted by molar-refractivity contribution is 7.94. The third kappa shape index (κ3) is 1.96. The molecule has 1 aliphatic rings. The van der Waals surface area contributed by atoms with Gasteiger partial charge < -0.3 is 5.11 Å². The van der Waals surface area contributed by atoms with Crippen molar-refractivity contribution in [1.82, 2.24) is 0 Å². The molecule has 2 atom stereocenters. The first-order valence-corrected chi connectivity index (χ1v) is 8.43. The monoisotopic (exact) mass is 287 g/mol. The van der Waals surface area contributed by atoms with E-state index in [-0.39, 0.29) is 0 Å². The summed E-state index contributed by atoms with van der Waals surface area (Å²) in [6.07, 6.45) is 0.614. The van der Waals surface area contributed by atoms with Crippen LogP contribution in [0.15, 0.2) is 60.7 Å². The minimum absolute atomic E-state index is 0.375. The number of nitrogens with one attached hydrogen (secondary N) is 1. The molecule has 1 heterocycles. The van der Waals surface area contributed by atoms with Crippen molar-refractivity contribution in [3.8, 4) is 0 Å². The average Bonchev–Trinajstić information content (AvgIpc) is 2.48. The van der Waals surface area contributed by atoms with Gasteiger partial charge in [-0.3, -0.25) is 4.78 Å². The van der Waals surface area contributed by atoms with Crippen molar-refractivity contribution in [2.75, 3.05) is 5.75 Å². The van der Waals surface area contributed by atoms with Gasteiger partial charge in [0.05, 0.1) is 15.0 Å². The molecule has 1 saturated heterocycles. The van der Waals surface area contributed by atoms with Crippen LogP contribution < -0.4 is 0 Å². The summed E-state index contributed by atoms with van der Waals surface area (Å²) < 4.78 is 20.2. The van der Waals surface area contributed by atoms with E-state index in [1.807, 2.05) is 60.7 Å². The molecule has 0 bridgehead atoms. The zero-order valence-electron chi connectivity index (χ0n) is 11.0. The first-order valence-electron chi connectivity index (χ1n) is 6.64. The van der Waals surface area contributed by atoms with Gasteiger partial charge in [0, 0.05) is 5.75 Å². The fourth-order valence-corrected chi connectivity index (χ4v) is 4.58. The summed E-state index contributed by atoms with van der Waals surface area (Å²) in [5.74, 6) is 0.375. The van der Waals surface area contributed by atoms with E-state index in [0.717, 1.165) is 0 Å². The Kier molecular flexibility index (Phi) is 3.15. The van der Waals surface area contributed by atoms with Crippen LogP contribution in [-0.4, -0.2) is 20.3 Å². The Labute approximate surface area is 119 Å². The maximum atomic E-state index is 12.3. The molecule has 1 aliphatic heterocycles. The van der Waals surface area contributed by atoms with Gasteiger partial charge in [-0.1, -0.05) is 60.7 Å². The smallest absolute Gasteiger partial charge is 0.130 e. The Morgan fingerprint density at radius 2 is 1.45 bits per heavy atom. The molecule has 104 valence electrons. The lowest BCUT2D eigenvalue weighted by Crippen LogP contribution is -2.52. The molecule has 0 aliphatic carbocycles. The van der Waals surface area contributed by atoms with Crippen molar-refractivity contribution in [1.29, 1.82) is 4.78 Å². The largest absolute Gasteiger partial charge is 0.379 e. The van der Waals surface area contributed by atoms with E-state index < -0.39 is 20.6 Å². The first-order chi connectivity index (χ1) is 9.55. The Morgan fingerprint density at radius 1 is 1.00 bits per heavy atom. The molecule has 0 radical (unpaired) electrons. The van der Waals surface area contributed by atoms with Crippen LogP contribution in [0.4, 0.5) is 0 Å². The van der Waals surface area contributed by atoms with Crippen LogP contribution in [0.1, 0.15) is 17.5 Å². The summed E-state index contributed by atoms with van der Waals surface area (Å²) in [6.45, 7) is 0. The number of benzene rings is 2. The second-order valence-corrected chi connectivity index (χ2v) is 7.64. The Hall–Kier alpha value is -1.65. The maximum Gasteiger partial charge on any atom is 0.130 e. The van der Waals surface area contributed by atoms with Gasteiger partial charge in [0.1, 0.15) is 5.60 Å². The minimum atomic E-state index is -2.73. The Morgan fingerprint density at radius 3 is 1.75 bits per heavy atom. The summed E-state index contributed by atoms with van der Waals surface area (Å²) in [7, 11) is -2.73. The highest BCUT2D eigenvalue weighted by atomic mass is 32.2. The summed E-state index contributed by atoms with van der Waals surface area (Å²) in [5.41, 5.74) is 0.0614. The number of hydrogen-bond donors (Lipinski definition) is 2. The van der Waals surface area contributed by atoms with Crippen molar-refractivity contribution >= 4 is 9.73 Å². The number of aliphatic hydroxyl groups is 1. The van der Waals surface area contributed by atoms with Gasteiger partial charge in [0.25, 0.3) is 0 Å². The lowest BCUT2D eigenvalue weighted by Gasteiger charge is -2.43. The zero-order valence-corrected chi connectivity index (χ0v) is 11.8. The van der Waals surface area contributed by atoms with Gasteiger partial charge in [-0.25, -0.2) is 4.21 Å². The van der Waals surface area contributed by atoms with Crippen LogP contribution in [0.25, 0.3) is 0 Å². The molecule has 2 unspecified atom stereocenters. The lowest BCUT2D eigenvalue weighted by molar-refractivity contribution is 0.0702. The van der Waals surface area contributed by atoms with Gasteiger partial charge in [-0.2, -0.15) is 0 Å². The van der Waals surface area contributed by atoms with E-state index in [1.54, 1.807) is 0 Å². The highest BCUT2D eigenvalue weighted by Crippen LogP contribution is 2.42. The molecule has 2 aromatic rings. The molecular formula is C16H17NO2S. The third-order valence-corrected chi connectivity index (χ3v) is 6.37. The van der Waals surface area contributed by atoms with Crippen LogP contribution in [-0.2, 0) is 15.3 Å². The fourth-order valence-electron chi connectivity index (χ4n) is 2.86. The van der Waals surface area contributed by atoms with Crippen LogP contribution in [0, 0.1) is 4.78 Å². The van der Waals surface area contributed by atoms with Crippen LogP contribution in [0.2, 0.25) is 0 Å². The first kappa shape index (κ1) is 13.3. The van der Waals surface area contributed by atoms with Crippen molar-refractivity contribution in [3.05, 3.63) is 71.8 Å². The maximum absolute atomic E-state index is 12.3. The topological polar surface area (TPSA) is 61.2 Å². The molecule has 0 amide bonds. The lowest BCUT2D eigenvalue weighted by atomic mass is 9.82. The van der Waals surface area contributed by atoms with Crippen molar-refractivity contribution < 1.29 is 9.32 Å². The molecule has 0 saturated carbocycles. The standard InChI is InChI=1S/C16H17NO2S/c17-20(19)12-11-15(20)16(18,13-7-3-1-4-8-13)14-9-5-2-6-10-14/h1-10,15,17-18H,11-12H2. The average molecular weight is 287 g/mol. The fraction of sp³-hybridized carbons (Fsp3) is 0.250. The summed E-state index contributed by atoms with van der Waals surface area (Å²) in [4.78, 5) is 0. The van der Waals surface area contributed by atoms with E-state index >= 15 is 0 Å². The second kappa shape index (κ2) is 4.72. The Bertz CT molecular complexity index is 656. The van der Waals surface area contributed by atoms with E-state index in [2.05, 4.69) is 0 Å². The second-order valence-electron chi connectivity index (χ2n) is 5.21. The van der Waals surface area contributed by atoms with Crippen LogP contribution >= 0.6 is 0 Å². The number of rotatable bonds is 3. The molecule has 20 heavy (non-hydrogen) atoms. The zero-order chi connectivity index (χ0) is 14.2. The van der Waals surface area contributed by atoms with Gasteiger partial charge in [-0.05, 0) is 17.5 Å². The summed E-state index contributed by atoms with van der Waals surface area (Å²) >= 11 is 0. The molecule has 2 aromatic carbocycles. The molecule has 1 fully saturated rings. The van der Waals surface area contributed by atoms with E-state index in [4.69, 9.17) is 4.78 Å². The van der Waals surface area contributed by atoms with Gasteiger partial charge in [-0.15, -0.1) is 0 Å². The Balaban J connectivity index is 2.19. The van der Waals surface area contributed by atoms with Crippen molar-refractivity contribution in [3.63, 3.8) is 0 Å². The highest BCUT2D eigenvalue weighted by Gasteiger charge is 2.50. The van der Waals surface area contributed by atoms with Crippen LogP contribution in [0.3, 0.4) is 0 Å². The predicted molar refractivity (Wildman–Crippen MR) is 80.0 cm³/mol. The summed E-state index contributed by atoms with van der Waals surface area (Å²) in [6, 6.07) is 18.5. The SMILES string of the molecule is N=S1(=O)CCC1C(O)(c1ccccc1)c1ccccc1. The van der Waals surface area contributed by atoms with E-state index in [9.17, 15) is 9.32 Å². The van der Waals surface area contributed by atoms with E-state index in [1.165, 1.54) is 0 Å². The minimum Gasteiger partial charge on any atom is -0.379 e. The quantitative estimate of drug-likeness (QED) is 0.912. The predicted octanol–water partition coefficient (Wildman–Crippen LogP) is 2.74. The molecule has 0 spiro atoms. The normalized spacial score (nSPS) is 25.9. The van der Waals surface area contributed by atoms with Gasteiger partial charge in [0.2, 0.25) is 0 Å². The number of hydrogen-bond acceptors (Lipinski definition) is 3.